The molecule has 0 spiro atoms. The molecule has 1 aliphatic heterocycles. The predicted molar refractivity (Wildman–Crippen MR) is 115 cm³/mol. The van der Waals surface area contributed by atoms with E-state index in [1.807, 2.05) is 24.3 Å². The van der Waals surface area contributed by atoms with Crippen LogP contribution >= 0.6 is 0 Å². The van der Waals surface area contributed by atoms with E-state index in [4.69, 9.17) is 4.74 Å². The van der Waals surface area contributed by atoms with E-state index in [-0.39, 0.29) is 0 Å². The number of benzene rings is 2. The van der Waals surface area contributed by atoms with E-state index in [0.29, 0.717) is 12.5 Å². The zero-order valence-electron chi connectivity index (χ0n) is 16.9. The van der Waals surface area contributed by atoms with Crippen LogP contribution in [-0.2, 0) is 6.54 Å². The van der Waals surface area contributed by atoms with E-state index < -0.39 is 6.10 Å². The van der Waals surface area contributed by atoms with E-state index in [1.165, 1.54) is 5.56 Å². The molecule has 0 aliphatic carbocycles. The van der Waals surface area contributed by atoms with Crippen molar-refractivity contribution in [1.82, 2.24) is 9.88 Å². The number of pyridine rings is 1. The van der Waals surface area contributed by atoms with E-state index >= 15 is 0 Å². The van der Waals surface area contributed by atoms with E-state index in [2.05, 4.69) is 53.2 Å². The number of rotatable bonds is 6. The van der Waals surface area contributed by atoms with Crippen molar-refractivity contribution in [3.63, 3.8) is 0 Å². The maximum absolute atomic E-state index is 10.7. The van der Waals surface area contributed by atoms with Gasteiger partial charge in [-0.1, -0.05) is 49.4 Å². The Balaban J connectivity index is 1.45. The lowest BCUT2D eigenvalue weighted by molar-refractivity contribution is 0.219. The summed E-state index contributed by atoms with van der Waals surface area (Å²) >= 11 is 0. The summed E-state index contributed by atoms with van der Waals surface area (Å²) in [5.74, 6) is 1.45. The molecule has 0 unspecified atom stereocenters. The number of ether oxygens (including phenoxy) is 1. The number of aliphatic hydroxyl groups excluding tert-OH is 1. The van der Waals surface area contributed by atoms with Crippen molar-refractivity contribution in [2.24, 2.45) is 0 Å². The van der Waals surface area contributed by atoms with Gasteiger partial charge in [0, 0.05) is 36.6 Å². The van der Waals surface area contributed by atoms with Crippen LogP contribution in [0.25, 0.3) is 0 Å². The maximum Gasteiger partial charge on any atom is 0.123 e. The zero-order chi connectivity index (χ0) is 20.1. The Labute approximate surface area is 172 Å². The van der Waals surface area contributed by atoms with Crippen LogP contribution in [0.3, 0.4) is 0 Å². The largest absolute Gasteiger partial charge is 0.492 e. The standard InChI is InChI=1S/C25H28N2O2/c1-19(20-6-3-2-4-7-20)11-13-27-14-15-29-24-10-9-21(16-23(24)18-27)25(28)22-8-5-12-26-17-22/h2-10,12,16-17,19,25,28H,11,13-15,18H2,1H3/t19-,25+/m0/s1. The fraction of sp³-hybridized carbons (Fsp3) is 0.320. The molecule has 150 valence electrons. The first-order valence-corrected chi connectivity index (χ1v) is 10.3. The van der Waals surface area contributed by atoms with Gasteiger partial charge in [-0.2, -0.15) is 0 Å². The van der Waals surface area contributed by atoms with Crippen LogP contribution in [-0.4, -0.2) is 34.7 Å². The monoisotopic (exact) mass is 388 g/mol. The van der Waals surface area contributed by atoms with Crippen LogP contribution < -0.4 is 4.74 Å². The number of hydrogen-bond acceptors (Lipinski definition) is 4. The maximum atomic E-state index is 10.7. The van der Waals surface area contributed by atoms with Gasteiger partial charge in [0.25, 0.3) is 0 Å². The van der Waals surface area contributed by atoms with Crippen molar-refractivity contribution in [3.05, 3.63) is 95.3 Å². The minimum Gasteiger partial charge on any atom is -0.492 e. The Morgan fingerprint density at radius 1 is 1.03 bits per heavy atom. The average molecular weight is 389 g/mol. The highest BCUT2D eigenvalue weighted by molar-refractivity contribution is 5.40. The zero-order valence-corrected chi connectivity index (χ0v) is 16.9. The molecule has 1 aliphatic rings. The second kappa shape index (κ2) is 9.21. The molecular weight excluding hydrogens is 360 g/mol. The van der Waals surface area contributed by atoms with Gasteiger partial charge in [-0.15, -0.1) is 0 Å². The second-order valence-electron chi connectivity index (χ2n) is 7.78. The van der Waals surface area contributed by atoms with Crippen molar-refractivity contribution in [3.8, 4) is 5.75 Å². The second-order valence-corrected chi connectivity index (χ2v) is 7.78. The summed E-state index contributed by atoms with van der Waals surface area (Å²) in [6.45, 7) is 5.76. The fourth-order valence-corrected chi connectivity index (χ4v) is 3.88. The lowest BCUT2D eigenvalue weighted by Gasteiger charge is -2.22. The highest BCUT2D eigenvalue weighted by atomic mass is 16.5. The molecule has 0 amide bonds. The van der Waals surface area contributed by atoms with Gasteiger partial charge in [0.1, 0.15) is 18.5 Å². The first-order chi connectivity index (χ1) is 14.2. The van der Waals surface area contributed by atoms with Crippen molar-refractivity contribution in [1.29, 1.82) is 0 Å². The number of aliphatic hydroxyl groups is 1. The van der Waals surface area contributed by atoms with Gasteiger partial charge in [0.15, 0.2) is 0 Å². The predicted octanol–water partition coefficient (Wildman–Crippen LogP) is 4.55. The number of nitrogens with zero attached hydrogens (tertiary/aromatic N) is 2. The molecule has 3 aromatic rings. The summed E-state index contributed by atoms with van der Waals surface area (Å²) in [4.78, 5) is 6.57. The number of fused-ring (bicyclic) bond motifs is 1. The summed E-state index contributed by atoms with van der Waals surface area (Å²) in [6.07, 6.45) is 3.86. The van der Waals surface area contributed by atoms with Gasteiger partial charge in [0.05, 0.1) is 0 Å². The number of hydrogen-bond donors (Lipinski definition) is 1. The molecule has 2 aromatic carbocycles. The van der Waals surface area contributed by atoms with Crippen LogP contribution in [0.5, 0.6) is 5.75 Å². The topological polar surface area (TPSA) is 45.6 Å². The van der Waals surface area contributed by atoms with Gasteiger partial charge >= 0.3 is 0 Å². The minimum absolute atomic E-state index is 0.526. The molecule has 0 bridgehead atoms. The van der Waals surface area contributed by atoms with Gasteiger partial charge in [-0.05, 0) is 48.2 Å². The first kappa shape index (κ1) is 19.6. The lowest BCUT2D eigenvalue weighted by atomic mass is 9.97. The molecule has 1 aromatic heterocycles. The van der Waals surface area contributed by atoms with Crippen molar-refractivity contribution in [2.45, 2.75) is 31.9 Å². The smallest absolute Gasteiger partial charge is 0.123 e. The summed E-state index contributed by atoms with van der Waals surface area (Å²) in [5.41, 5.74) is 4.20. The summed E-state index contributed by atoms with van der Waals surface area (Å²) in [7, 11) is 0. The molecule has 4 heteroatoms. The Bertz CT molecular complexity index is 915. The normalized spacial score (nSPS) is 16.3. The molecule has 1 N–H and O–H groups in total. The van der Waals surface area contributed by atoms with Crippen molar-refractivity contribution >= 4 is 0 Å². The third kappa shape index (κ3) is 4.84. The van der Waals surface area contributed by atoms with Crippen LogP contribution in [0.4, 0.5) is 0 Å². The Kier molecular flexibility index (Phi) is 6.23. The molecule has 0 fully saturated rings. The summed E-state index contributed by atoms with van der Waals surface area (Å²) in [6, 6.07) is 20.5. The van der Waals surface area contributed by atoms with Crippen molar-refractivity contribution in [2.75, 3.05) is 19.7 Å². The third-order valence-electron chi connectivity index (χ3n) is 5.71. The minimum atomic E-state index is -0.677. The molecule has 4 rings (SSSR count). The molecule has 0 saturated heterocycles. The van der Waals surface area contributed by atoms with Gasteiger partial charge in [-0.25, -0.2) is 0 Å². The SMILES string of the molecule is C[C@@H](CCN1CCOc2ccc([C@@H](O)c3cccnc3)cc2C1)c1ccccc1. The van der Waals surface area contributed by atoms with Crippen LogP contribution in [0, 0.1) is 0 Å². The Morgan fingerprint density at radius 3 is 2.66 bits per heavy atom. The van der Waals surface area contributed by atoms with Gasteiger partial charge < -0.3 is 9.84 Å². The van der Waals surface area contributed by atoms with E-state index in [9.17, 15) is 5.11 Å². The average Bonchev–Trinajstić information content (AvgIpc) is 2.99. The van der Waals surface area contributed by atoms with Crippen LogP contribution in [0.15, 0.2) is 73.1 Å². The lowest BCUT2D eigenvalue weighted by Crippen LogP contribution is -2.27. The molecular formula is C25H28N2O2. The van der Waals surface area contributed by atoms with Crippen molar-refractivity contribution < 1.29 is 9.84 Å². The fourth-order valence-electron chi connectivity index (χ4n) is 3.88. The van der Waals surface area contributed by atoms with Gasteiger partial charge in [-0.3, -0.25) is 9.88 Å². The van der Waals surface area contributed by atoms with E-state index in [0.717, 1.165) is 48.5 Å². The molecule has 2 atom stereocenters. The third-order valence-corrected chi connectivity index (χ3v) is 5.71. The first-order valence-electron chi connectivity index (χ1n) is 10.3. The van der Waals surface area contributed by atoms with Crippen LogP contribution in [0.1, 0.15) is 47.6 Å². The molecule has 0 radical (unpaired) electrons. The van der Waals surface area contributed by atoms with Crippen LogP contribution in [0.2, 0.25) is 0 Å². The highest BCUT2D eigenvalue weighted by Gasteiger charge is 2.19. The molecule has 0 saturated carbocycles. The quantitative estimate of drug-likeness (QED) is 0.673. The Morgan fingerprint density at radius 2 is 1.86 bits per heavy atom. The van der Waals surface area contributed by atoms with Gasteiger partial charge in [0.2, 0.25) is 0 Å². The molecule has 29 heavy (non-hydrogen) atoms. The van der Waals surface area contributed by atoms with E-state index in [1.54, 1.807) is 12.4 Å². The number of aromatic nitrogens is 1. The summed E-state index contributed by atoms with van der Waals surface area (Å²) in [5, 5.41) is 10.7. The molecule has 2 heterocycles. The summed E-state index contributed by atoms with van der Waals surface area (Å²) < 4.78 is 5.97. The molecule has 4 nitrogen and oxygen atoms in total. The highest BCUT2D eigenvalue weighted by Crippen LogP contribution is 2.30. The Hall–Kier alpha value is -2.69.